The van der Waals surface area contributed by atoms with Crippen molar-refractivity contribution in [3.05, 3.63) is 71.7 Å². The normalized spacial score (nSPS) is 10.3. The Labute approximate surface area is 190 Å². The smallest absolute Gasteiger partial charge is 0.300 e. The van der Waals surface area contributed by atoms with Crippen molar-refractivity contribution in [1.29, 1.82) is 5.26 Å². The predicted molar refractivity (Wildman–Crippen MR) is 125 cm³/mol. The van der Waals surface area contributed by atoms with Crippen LogP contribution in [0.25, 0.3) is 33.9 Å². The van der Waals surface area contributed by atoms with Gasteiger partial charge in [0.2, 0.25) is 0 Å². The van der Waals surface area contributed by atoms with E-state index in [0.717, 1.165) is 47.3 Å². The lowest BCUT2D eigenvalue weighted by atomic mass is 10.1. The molecule has 2 aromatic heterocycles. The van der Waals surface area contributed by atoms with Crippen LogP contribution in [0.1, 0.15) is 30.8 Å². The minimum Gasteiger partial charge on any atom is -0.481 e. The third kappa shape index (κ3) is 7.48. The lowest BCUT2D eigenvalue weighted by molar-refractivity contribution is -0.135. The summed E-state index contributed by atoms with van der Waals surface area (Å²) in [5, 5.41) is 31.6. The third-order valence-electron chi connectivity index (χ3n) is 4.04. The first kappa shape index (κ1) is 24.6. The van der Waals surface area contributed by atoms with Crippen LogP contribution in [-0.4, -0.2) is 42.3 Å². The highest BCUT2D eigenvalue weighted by atomic mass is 16.4. The zero-order valence-corrected chi connectivity index (χ0v) is 18.3. The van der Waals surface area contributed by atoms with Gasteiger partial charge in [-0.1, -0.05) is 36.4 Å². The molecule has 0 aliphatic carbocycles. The van der Waals surface area contributed by atoms with Crippen molar-refractivity contribution in [2.45, 2.75) is 20.8 Å². The molecule has 0 spiro atoms. The number of allylic oxidation sites excluding steroid dienone is 1. The minimum atomic E-state index is -0.833. The van der Waals surface area contributed by atoms with E-state index in [-0.39, 0.29) is 0 Å². The molecule has 33 heavy (non-hydrogen) atoms. The van der Waals surface area contributed by atoms with Crippen molar-refractivity contribution < 1.29 is 19.8 Å². The van der Waals surface area contributed by atoms with Crippen LogP contribution in [0.2, 0.25) is 0 Å². The number of fused-ring (bicyclic) bond motifs is 1. The van der Waals surface area contributed by atoms with Crippen molar-refractivity contribution in [1.82, 2.24) is 20.2 Å². The second kappa shape index (κ2) is 11.6. The van der Waals surface area contributed by atoms with Crippen LogP contribution < -0.4 is 0 Å². The van der Waals surface area contributed by atoms with Gasteiger partial charge in [-0.05, 0) is 30.7 Å². The Kier molecular flexibility index (Phi) is 8.65. The monoisotopic (exact) mass is 445 g/mol. The molecule has 0 fully saturated rings. The fourth-order valence-electron chi connectivity index (χ4n) is 2.80. The lowest BCUT2D eigenvalue weighted by Gasteiger charge is -2.00. The summed E-state index contributed by atoms with van der Waals surface area (Å²) in [5.74, 6) is -1.11. The van der Waals surface area contributed by atoms with Crippen LogP contribution in [-0.2, 0) is 9.59 Å². The molecule has 0 saturated heterocycles. The van der Waals surface area contributed by atoms with Crippen LogP contribution in [0, 0.1) is 18.3 Å². The summed E-state index contributed by atoms with van der Waals surface area (Å²) >= 11 is 0. The molecular formula is C24H23N5O4. The number of benzene rings is 2. The molecule has 2 heterocycles. The van der Waals surface area contributed by atoms with Gasteiger partial charge in [0.1, 0.15) is 11.9 Å². The van der Waals surface area contributed by atoms with E-state index in [1.807, 2.05) is 55.5 Å². The van der Waals surface area contributed by atoms with Crippen LogP contribution in [0.5, 0.6) is 0 Å². The SMILES string of the molecule is CC(=O)O.CC(=O)O.Cc1ccc2nc(/C(C#N)=C/c3cn[nH]c3-c3ccccc3)[nH]c2c1. The number of aryl methyl sites for hydroxylation is 1. The molecule has 4 aromatic rings. The maximum Gasteiger partial charge on any atom is 0.300 e. The summed E-state index contributed by atoms with van der Waals surface area (Å²) in [7, 11) is 0. The molecule has 4 N–H and O–H groups in total. The van der Waals surface area contributed by atoms with E-state index >= 15 is 0 Å². The molecule has 9 heteroatoms. The summed E-state index contributed by atoms with van der Waals surface area (Å²) < 4.78 is 0. The average Bonchev–Trinajstić information content (AvgIpc) is 3.38. The predicted octanol–water partition coefficient (Wildman–Crippen LogP) is 4.51. The molecule has 2 aromatic carbocycles. The van der Waals surface area contributed by atoms with E-state index in [0.29, 0.717) is 11.4 Å². The maximum absolute atomic E-state index is 9.61. The molecule has 0 aliphatic rings. The van der Waals surface area contributed by atoms with Gasteiger partial charge in [0.05, 0.1) is 28.5 Å². The topological polar surface area (TPSA) is 156 Å². The molecule has 0 radical (unpaired) electrons. The van der Waals surface area contributed by atoms with E-state index in [2.05, 4.69) is 26.2 Å². The van der Waals surface area contributed by atoms with Crippen LogP contribution in [0.4, 0.5) is 0 Å². The Morgan fingerprint density at radius 2 is 1.70 bits per heavy atom. The number of carboxylic acids is 2. The van der Waals surface area contributed by atoms with Crippen molar-refractivity contribution >= 4 is 34.6 Å². The highest BCUT2D eigenvalue weighted by Gasteiger charge is 2.11. The molecule has 0 amide bonds. The highest BCUT2D eigenvalue weighted by Crippen LogP contribution is 2.25. The summed E-state index contributed by atoms with van der Waals surface area (Å²) in [6, 6.07) is 18.1. The van der Waals surface area contributed by atoms with Gasteiger partial charge in [0, 0.05) is 25.0 Å². The number of aliphatic carboxylic acids is 2. The van der Waals surface area contributed by atoms with Gasteiger partial charge in [0.25, 0.3) is 11.9 Å². The Morgan fingerprint density at radius 1 is 1.06 bits per heavy atom. The average molecular weight is 445 g/mol. The molecule has 0 atom stereocenters. The van der Waals surface area contributed by atoms with Gasteiger partial charge >= 0.3 is 0 Å². The zero-order valence-electron chi connectivity index (χ0n) is 18.3. The van der Waals surface area contributed by atoms with Crippen molar-refractivity contribution in [2.24, 2.45) is 0 Å². The van der Waals surface area contributed by atoms with Crippen LogP contribution >= 0.6 is 0 Å². The van der Waals surface area contributed by atoms with Gasteiger partial charge in [-0.2, -0.15) is 10.4 Å². The number of hydrogen-bond acceptors (Lipinski definition) is 5. The number of carbonyl (C=O) groups is 2. The van der Waals surface area contributed by atoms with Crippen molar-refractivity contribution in [3.63, 3.8) is 0 Å². The minimum absolute atomic E-state index is 0.465. The standard InChI is InChI=1S/C20H15N5.2C2H4O2/c1-13-7-8-17-18(9-13)24-20(23-17)15(11-21)10-16-12-22-25-19(16)14-5-3-2-4-6-14;2*1-2(3)4/h2-10,12H,1H3,(H,22,25)(H,23,24);2*1H3,(H,3,4)/b15-10+;;. The fraction of sp³-hybridized carbons (Fsp3) is 0.125. The molecule has 9 nitrogen and oxygen atoms in total. The molecule has 0 bridgehead atoms. The van der Waals surface area contributed by atoms with E-state index in [9.17, 15) is 5.26 Å². The quantitative estimate of drug-likeness (QED) is 0.338. The molecule has 4 rings (SSSR count). The van der Waals surface area contributed by atoms with Gasteiger partial charge < -0.3 is 15.2 Å². The molecule has 0 unspecified atom stereocenters. The molecule has 0 aliphatic heterocycles. The van der Waals surface area contributed by atoms with Crippen LogP contribution in [0.15, 0.2) is 54.7 Å². The van der Waals surface area contributed by atoms with Gasteiger partial charge in [-0.25, -0.2) is 4.98 Å². The summed E-state index contributed by atoms with van der Waals surface area (Å²) in [5.41, 5.74) is 6.12. The van der Waals surface area contributed by atoms with Gasteiger partial charge in [-0.3, -0.25) is 14.7 Å². The van der Waals surface area contributed by atoms with Crippen molar-refractivity contribution in [3.8, 4) is 17.3 Å². The number of H-pyrrole nitrogens is 2. The second-order valence-electron chi connectivity index (χ2n) is 6.88. The molecule has 0 saturated carbocycles. The number of nitriles is 1. The number of carboxylic acid groups (broad SMARTS) is 2. The largest absolute Gasteiger partial charge is 0.481 e. The Hall–Kier alpha value is -4.71. The molecule has 168 valence electrons. The van der Waals surface area contributed by atoms with Gasteiger partial charge in [0.15, 0.2) is 0 Å². The number of rotatable bonds is 3. The van der Waals surface area contributed by atoms with Crippen molar-refractivity contribution in [2.75, 3.05) is 0 Å². The highest BCUT2D eigenvalue weighted by molar-refractivity contribution is 5.92. The Bertz CT molecular complexity index is 1290. The third-order valence-corrected chi connectivity index (χ3v) is 4.04. The molecular weight excluding hydrogens is 422 g/mol. The van der Waals surface area contributed by atoms with E-state index in [4.69, 9.17) is 19.8 Å². The van der Waals surface area contributed by atoms with Gasteiger partial charge in [-0.15, -0.1) is 0 Å². The number of nitrogens with one attached hydrogen (secondary N) is 2. The maximum atomic E-state index is 9.61. The number of nitrogens with zero attached hydrogens (tertiary/aromatic N) is 3. The second-order valence-corrected chi connectivity index (χ2v) is 6.88. The van der Waals surface area contributed by atoms with E-state index in [1.165, 1.54) is 0 Å². The Morgan fingerprint density at radius 3 is 2.30 bits per heavy atom. The summed E-state index contributed by atoms with van der Waals surface area (Å²) in [4.78, 5) is 25.8. The van der Waals surface area contributed by atoms with E-state index in [1.54, 1.807) is 12.3 Å². The lowest BCUT2D eigenvalue weighted by Crippen LogP contribution is -1.86. The first-order chi connectivity index (χ1) is 15.7. The first-order valence-electron chi connectivity index (χ1n) is 9.77. The van der Waals surface area contributed by atoms with E-state index < -0.39 is 11.9 Å². The summed E-state index contributed by atoms with van der Waals surface area (Å²) in [6.07, 6.45) is 3.52. The van der Waals surface area contributed by atoms with Crippen LogP contribution in [0.3, 0.4) is 0 Å². The number of hydrogen-bond donors (Lipinski definition) is 4. The number of aromatic amines is 2. The number of aromatic nitrogens is 4. The summed E-state index contributed by atoms with van der Waals surface area (Å²) in [6.45, 7) is 4.19. The number of imidazole rings is 1. The fourth-order valence-corrected chi connectivity index (χ4v) is 2.80. The first-order valence-corrected chi connectivity index (χ1v) is 9.77. The Balaban J connectivity index is 0.000000420. The zero-order chi connectivity index (χ0) is 24.4.